The first-order valence-corrected chi connectivity index (χ1v) is 15.6. The Kier molecular flexibility index (Phi) is 8.93. The highest BCUT2D eigenvalue weighted by Gasteiger charge is 2.81. The van der Waals surface area contributed by atoms with Crippen LogP contribution in [0.25, 0.3) is 0 Å². The molecule has 5 rings (SSSR count). The highest BCUT2D eigenvalue weighted by Crippen LogP contribution is 2.69. The summed E-state index contributed by atoms with van der Waals surface area (Å²) in [6.45, 7) is 10.6. The predicted octanol–water partition coefficient (Wildman–Crippen LogP) is 2.35. The molecule has 0 aromatic heterocycles. The Morgan fingerprint density at radius 2 is 1.73 bits per heavy atom. The molecule has 12 atom stereocenters. The summed E-state index contributed by atoms with van der Waals surface area (Å²) in [7, 11) is 1.59. The zero-order valence-corrected chi connectivity index (χ0v) is 27.3. The van der Waals surface area contributed by atoms with E-state index in [-0.39, 0.29) is 44.4 Å². The van der Waals surface area contributed by atoms with E-state index in [1.54, 1.807) is 14.0 Å². The fourth-order valence-corrected chi connectivity index (χ4v) is 8.37. The molecule has 5 aliphatic rings. The van der Waals surface area contributed by atoms with Crippen LogP contribution in [0.5, 0.6) is 0 Å². The molecule has 13 nitrogen and oxygen atoms in total. The summed E-state index contributed by atoms with van der Waals surface area (Å²) in [5.74, 6) is -3.11. The summed E-state index contributed by atoms with van der Waals surface area (Å²) in [4.78, 5) is 50.4. The number of carbonyl (C=O) groups excluding carboxylic acids is 4. The Labute approximate surface area is 263 Å². The number of methoxy groups -OCH3 is 1. The highest BCUT2D eigenvalue weighted by atomic mass is 16.8. The normalized spacial score (nSPS) is 42.9. The fraction of sp³-hybridized carbons (Fsp3) is 0.812. The van der Waals surface area contributed by atoms with E-state index in [9.17, 15) is 24.3 Å². The molecule has 1 spiro atoms. The van der Waals surface area contributed by atoms with Crippen LogP contribution in [0.3, 0.4) is 0 Å². The van der Waals surface area contributed by atoms with Crippen molar-refractivity contribution in [2.24, 2.45) is 22.7 Å². The second-order valence-corrected chi connectivity index (χ2v) is 13.5. The number of carbonyl (C=O) groups is 4. The average Bonchev–Trinajstić information content (AvgIpc) is 3.50. The van der Waals surface area contributed by atoms with E-state index in [4.69, 9.17) is 37.9 Å². The van der Waals surface area contributed by atoms with Crippen molar-refractivity contribution in [2.45, 2.75) is 122 Å². The summed E-state index contributed by atoms with van der Waals surface area (Å²) < 4.78 is 47.2. The number of ether oxygens (including phenoxy) is 8. The van der Waals surface area contributed by atoms with E-state index in [0.29, 0.717) is 12.8 Å². The van der Waals surface area contributed by atoms with Gasteiger partial charge >= 0.3 is 23.9 Å². The van der Waals surface area contributed by atoms with Crippen LogP contribution in [0.15, 0.2) is 11.6 Å². The maximum absolute atomic E-state index is 13.6. The molecule has 0 aromatic rings. The van der Waals surface area contributed by atoms with Crippen molar-refractivity contribution in [1.29, 1.82) is 0 Å². The van der Waals surface area contributed by atoms with Gasteiger partial charge in [-0.15, -0.1) is 0 Å². The molecule has 3 saturated heterocycles. The van der Waals surface area contributed by atoms with Crippen LogP contribution in [0, 0.1) is 22.7 Å². The molecule has 1 saturated carbocycles. The molecule has 1 unspecified atom stereocenters. The van der Waals surface area contributed by atoms with Gasteiger partial charge in [-0.05, 0) is 45.1 Å². The van der Waals surface area contributed by atoms with Gasteiger partial charge < -0.3 is 43.0 Å². The van der Waals surface area contributed by atoms with E-state index in [1.165, 1.54) is 27.7 Å². The van der Waals surface area contributed by atoms with Gasteiger partial charge in [0.15, 0.2) is 18.7 Å². The van der Waals surface area contributed by atoms with Crippen molar-refractivity contribution in [1.82, 2.24) is 0 Å². The van der Waals surface area contributed by atoms with Crippen molar-refractivity contribution >= 4 is 23.9 Å². The molecular formula is C32H46O13. The number of epoxide rings is 1. The molecule has 0 radical (unpaired) electrons. The van der Waals surface area contributed by atoms with E-state index in [0.717, 1.165) is 5.57 Å². The van der Waals surface area contributed by atoms with Crippen molar-refractivity contribution < 1.29 is 62.2 Å². The number of aliphatic hydroxyl groups excluding tert-OH is 1. The Morgan fingerprint density at radius 3 is 2.27 bits per heavy atom. The Hall–Kier alpha value is -2.58. The van der Waals surface area contributed by atoms with Crippen LogP contribution in [0.2, 0.25) is 0 Å². The summed E-state index contributed by atoms with van der Waals surface area (Å²) in [5.41, 5.74) is -4.25. The van der Waals surface area contributed by atoms with Crippen LogP contribution in [0.1, 0.15) is 74.1 Å². The van der Waals surface area contributed by atoms with E-state index in [2.05, 4.69) is 0 Å². The predicted molar refractivity (Wildman–Crippen MR) is 153 cm³/mol. The van der Waals surface area contributed by atoms with Crippen molar-refractivity contribution in [2.75, 3.05) is 20.3 Å². The summed E-state index contributed by atoms with van der Waals surface area (Å²) in [6, 6.07) is 0. The van der Waals surface area contributed by atoms with Crippen LogP contribution >= 0.6 is 0 Å². The molecule has 0 aromatic carbocycles. The quantitative estimate of drug-likeness (QED) is 0.169. The molecular weight excluding hydrogens is 592 g/mol. The second-order valence-electron chi connectivity index (χ2n) is 13.5. The zero-order chi connectivity index (χ0) is 33.1. The molecule has 0 bridgehead atoms. The number of esters is 4. The van der Waals surface area contributed by atoms with Gasteiger partial charge in [0.25, 0.3) is 0 Å². The fourth-order valence-electron chi connectivity index (χ4n) is 8.37. The minimum atomic E-state index is -1.62. The highest BCUT2D eigenvalue weighted by molar-refractivity contribution is 5.82. The first kappa shape index (κ1) is 33.8. The van der Waals surface area contributed by atoms with E-state index < -0.39 is 76.4 Å². The van der Waals surface area contributed by atoms with Gasteiger partial charge in [0, 0.05) is 45.6 Å². The molecule has 2 aliphatic carbocycles. The summed E-state index contributed by atoms with van der Waals surface area (Å²) in [5, 5.41) is 11.8. The largest absolute Gasteiger partial charge is 0.465 e. The molecule has 0 amide bonds. The lowest BCUT2D eigenvalue weighted by Gasteiger charge is -2.62. The number of hydrogen-bond acceptors (Lipinski definition) is 13. The lowest BCUT2D eigenvalue weighted by atomic mass is 9.44. The van der Waals surface area contributed by atoms with Gasteiger partial charge in [0.2, 0.25) is 5.60 Å². The third kappa shape index (κ3) is 5.38. The van der Waals surface area contributed by atoms with Gasteiger partial charge in [-0.2, -0.15) is 0 Å². The summed E-state index contributed by atoms with van der Waals surface area (Å²) >= 11 is 0. The van der Waals surface area contributed by atoms with Crippen LogP contribution in [0.4, 0.5) is 0 Å². The molecule has 3 heterocycles. The van der Waals surface area contributed by atoms with Gasteiger partial charge in [0.05, 0.1) is 24.2 Å². The van der Waals surface area contributed by atoms with Crippen molar-refractivity contribution in [3.8, 4) is 0 Å². The van der Waals surface area contributed by atoms with E-state index in [1.807, 2.05) is 19.9 Å². The number of aliphatic hydroxyl groups is 1. The molecule has 3 aliphatic heterocycles. The number of rotatable bonds is 9. The Bertz CT molecular complexity index is 1230. The molecule has 1 N–H and O–H groups in total. The van der Waals surface area contributed by atoms with Crippen molar-refractivity contribution in [3.05, 3.63) is 11.6 Å². The minimum absolute atomic E-state index is 0.0202. The van der Waals surface area contributed by atoms with Gasteiger partial charge in [-0.1, -0.05) is 19.4 Å². The Morgan fingerprint density at radius 1 is 1.04 bits per heavy atom. The van der Waals surface area contributed by atoms with Crippen LogP contribution in [-0.2, 0) is 57.1 Å². The SMILES string of the molecule is CC[C@](C)(OC(C)=O)C(=O)O[C@H]1[C@H](O)C[C@H]2[C@](COC(C)=O)([C@@H](OC(C)=O)C=C(C)[C@]2(C)C2C[C@H]3C[C@H](OC)O[C@H]3O2)[C@@]12CO2. The van der Waals surface area contributed by atoms with Gasteiger partial charge in [-0.3, -0.25) is 14.4 Å². The lowest BCUT2D eigenvalue weighted by molar-refractivity contribution is -0.258. The first-order valence-electron chi connectivity index (χ1n) is 15.6. The maximum atomic E-state index is 13.6. The van der Waals surface area contributed by atoms with Gasteiger partial charge in [-0.25, -0.2) is 4.79 Å². The monoisotopic (exact) mass is 638 g/mol. The van der Waals surface area contributed by atoms with Crippen LogP contribution in [-0.4, -0.2) is 97.5 Å². The smallest absolute Gasteiger partial charge is 0.350 e. The van der Waals surface area contributed by atoms with E-state index >= 15 is 0 Å². The topological polar surface area (TPSA) is 166 Å². The molecule has 252 valence electrons. The first-order chi connectivity index (χ1) is 21.1. The summed E-state index contributed by atoms with van der Waals surface area (Å²) in [6.07, 6.45) is -1.34. The maximum Gasteiger partial charge on any atom is 0.350 e. The third-order valence-electron chi connectivity index (χ3n) is 11.1. The van der Waals surface area contributed by atoms with Gasteiger partial charge in [0.1, 0.15) is 18.3 Å². The molecule has 13 heteroatoms. The second kappa shape index (κ2) is 11.9. The zero-order valence-electron chi connectivity index (χ0n) is 27.3. The average molecular weight is 639 g/mol. The van der Waals surface area contributed by atoms with Crippen molar-refractivity contribution in [3.63, 3.8) is 0 Å². The molecule has 4 fully saturated rings. The third-order valence-corrected chi connectivity index (χ3v) is 11.1. The number of fused-ring (bicyclic) bond motifs is 3. The Balaban J connectivity index is 1.60. The molecule has 45 heavy (non-hydrogen) atoms. The standard InChI is InChI=1S/C32H46O13/c1-9-29(6,45-19(5)35)28(37)44-26-21(36)13-22-30(7,23-11-20-12-25(38-8)43-27(20)42-23)16(2)10-24(41-18(4)34)31(22,14-39-17(3)33)32(26)15-40-32/h10,20-27,36H,9,11-15H2,1-8H3/t20-,21+,22+,23?,24-,25+,26-,27+,29-,30-,31+,32+/m0/s1. The minimum Gasteiger partial charge on any atom is -0.465 e. The number of hydrogen-bond donors (Lipinski definition) is 1. The van der Waals surface area contributed by atoms with Crippen LogP contribution < -0.4 is 0 Å². The lowest BCUT2D eigenvalue weighted by Crippen LogP contribution is -2.73.